The van der Waals surface area contributed by atoms with Crippen LogP contribution in [0.2, 0.25) is 0 Å². The summed E-state index contributed by atoms with van der Waals surface area (Å²) in [6.07, 6.45) is 2.86. The van der Waals surface area contributed by atoms with Crippen LogP contribution in [-0.2, 0) is 30.4 Å². The maximum Gasteiger partial charge on any atom is 0.326 e. The molecule has 0 saturated heterocycles. The topological polar surface area (TPSA) is 234 Å². The highest BCUT2D eigenvalue weighted by molar-refractivity contribution is 7.98. The first-order chi connectivity index (χ1) is 18.5. The van der Waals surface area contributed by atoms with Crippen LogP contribution in [0.3, 0.4) is 0 Å². The Hall–Kier alpha value is -3.36. The summed E-state index contributed by atoms with van der Waals surface area (Å²) in [5.41, 5.74) is 12.1. The molecule has 0 aliphatic rings. The van der Waals surface area contributed by atoms with Crippen molar-refractivity contribution in [1.82, 2.24) is 16.0 Å². The number of rotatable bonds is 19. The van der Waals surface area contributed by atoms with Crippen LogP contribution in [0.15, 0.2) is 24.3 Å². The highest BCUT2D eigenvalue weighted by atomic mass is 32.2. The molecule has 1 aromatic carbocycles. The number of carbonyl (C=O) groups excluding carboxylic acids is 3. The van der Waals surface area contributed by atoms with Crippen molar-refractivity contribution in [3.8, 4) is 5.75 Å². The van der Waals surface area contributed by atoms with Crippen LogP contribution in [-0.4, -0.2) is 87.7 Å². The van der Waals surface area contributed by atoms with E-state index < -0.39 is 60.2 Å². The first-order valence-corrected chi connectivity index (χ1v) is 14.0. The number of hydrogen-bond acceptors (Lipinski definition) is 9. The Kier molecular flexibility index (Phi) is 15.6. The van der Waals surface area contributed by atoms with Crippen LogP contribution in [0, 0.1) is 0 Å². The number of phenolic OH excluding ortho intramolecular Hbond substituents is 1. The molecular weight excluding hydrogens is 530 g/mol. The number of carboxylic acid groups (broad SMARTS) is 2. The molecule has 0 aliphatic carbocycles. The van der Waals surface area contributed by atoms with Crippen molar-refractivity contribution in [2.24, 2.45) is 11.5 Å². The third-order valence-electron chi connectivity index (χ3n) is 5.82. The minimum absolute atomic E-state index is 0.0235. The number of hydrogen-bond donors (Lipinski definition) is 8. The number of thioether (sulfide) groups is 1. The number of carboxylic acids is 2. The van der Waals surface area contributed by atoms with E-state index in [0.717, 1.165) is 0 Å². The lowest BCUT2D eigenvalue weighted by molar-refractivity contribution is -0.143. The smallest absolute Gasteiger partial charge is 0.326 e. The summed E-state index contributed by atoms with van der Waals surface area (Å²) >= 11 is 1.41. The summed E-state index contributed by atoms with van der Waals surface area (Å²) in [7, 11) is 0. The van der Waals surface area contributed by atoms with E-state index in [2.05, 4.69) is 16.0 Å². The van der Waals surface area contributed by atoms with Crippen molar-refractivity contribution in [3.63, 3.8) is 0 Å². The van der Waals surface area contributed by atoms with Crippen LogP contribution in [0.4, 0.5) is 0 Å². The van der Waals surface area contributed by atoms with Crippen LogP contribution in [0.5, 0.6) is 5.75 Å². The van der Waals surface area contributed by atoms with Gasteiger partial charge in [0.15, 0.2) is 0 Å². The molecule has 13 nitrogen and oxygen atoms in total. The SMILES string of the molecule is CSCCC(NC(=O)C(Cc1ccc(O)cc1)NC(=O)C(N)CCCCN)C(=O)NC(CCC(=O)O)C(=O)O. The Labute approximate surface area is 231 Å². The number of nitrogens with one attached hydrogen (secondary N) is 3. The number of aliphatic carboxylic acids is 2. The summed E-state index contributed by atoms with van der Waals surface area (Å²) in [5.74, 6) is -4.18. The van der Waals surface area contributed by atoms with Gasteiger partial charge in [0, 0.05) is 12.8 Å². The van der Waals surface area contributed by atoms with Gasteiger partial charge in [-0.05, 0) is 61.9 Å². The second-order valence-electron chi connectivity index (χ2n) is 9.00. The van der Waals surface area contributed by atoms with E-state index in [1.54, 1.807) is 18.4 Å². The highest BCUT2D eigenvalue weighted by Gasteiger charge is 2.30. The molecule has 0 fully saturated rings. The number of amides is 3. The van der Waals surface area contributed by atoms with E-state index in [0.29, 0.717) is 37.1 Å². The summed E-state index contributed by atoms with van der Waals surface area (Å²) in [4.78, 5) is 61.4. The molecule has 1 aromatic rings. The van der Waals surface area contributed by atoms with E-state index in [1.165, 1.54) is 23.9 Å². The molecule has 0 spiro atoms. The molecular formula is C25H39N5O8S. The normalized spacial score (nSPS) is 13.9. The Morgan fingerprint density at radius 1 is 0.846 bits per heavy atom. The van der Waals surface area contributed by atoms with E-state index in [1.807, 2.05) is 0 Å². The molecule has 0 bridgehead atoms. The van der Waals surface area contributed by atoms with Crippen molar-refractivity contribution in [2.45, 2.75) is 69.1 Å². The standard InChI is InChI=1S/C25H39N5O8S/c1-39-13-11-18(23(35)29-19(25(37)38)9-10-21(32)33)28-24(36)20(14-15-5-7-16(31)8-6-15)30-22(34)17(27)4-2-3-12-26/h5-8,17-20,31H,2-4,9-14,26-27H2,1H3,(H,28,36)(H,29,35)(H,30,34)(H,32,33)(H,37,38). The fourth-order valence-corrected chi connectivity index (χ4v) is 4.04. The maximum absolute atomic E-state index is 13.3. The summed E-state index contributed by atoms with van der Waals surface area (Å²) < 4.78 is 0. The predicted octanol–water partition coefficient (Wildman–Crippen LogP) is -0.452. The van der Waals surface area contributed by atoms with Crippen LogP contribution in [0.1, 0.15) is 44.1 Å². The molecule has 39 heavy (non-hydrogen) atoms. The van der Waals surface area contributed by atoms with Gasteiger partial charge in [0.2, 0.25) is 17.7 Å². The minimum atomic E-state index is -1.46. The number of benzene rings is 1. The van der Waals surface area contributed by atoms with Crippen molar-refractivity contribution >= 4 is 41.4 Å². The molecule has 0 aromatic heterocycles. The maximum atomic E-state index is 13.3. The van der Waals surface area contributed by atoms with Gasteiger partial charge in [-0.25, -0.2) is 4.79 Å². The lowest BCUT2D eigenvalue weighted by atomic mass is 10.0. The van der Waals surface area contributed by atoms with E-state index in [9.17, 15) is 34.2 Å². The zero-order valence-corrected chi connectivity index (χ0v) is 22.7. The average Bonchev–Trinajstić information content (AvgIpc) is 2.89. The van der Waals surface area contributed by atoms with Crippen LogP contribution < -0.4 is 27.4 Å². The Morgan fingerprint density at radius 2 is 1.44 bits per heavy atom. The Morgan fingerprint density at radius 3 is 2.00 bits per heavy atom. The first-order valence-electron chi connectivity index (χ1n) is 12.6. The molecule has 1 rings (SSSR count). The van der Waals surface area contributed by atoms with Gasteiger partial charge in [-0.1, -0.05) is 18.6 Å². The van der Waals surface area contributed by atoms with Gasteiger partial charge in [0.25, 0.3) is 0 Å². The number of nitrogens with two attached hydrogens (primary N) is 2. The van der Waals surface area contributed by atoms with Gasteiger partial charge in [-0.3, -0.25) is 19.2 Å². The van der Waals surface area contributed by atoms with Gasteiger partial charge in [-0.15, -0.1) is 0 Å². The number of unbranched alkanes of at least 4 members (excludes halogenated alkanes) is 1. The molecule has 0 radical (unpaired) electrons. The van der Waals surface area contributed by atoms with E-state index >= 15 is 0 Å². The summed E-state index contributed by atoms with van der Waals surface area (Å²) in [6, 6.07) is 1.42. The molecule has 14 heteroatoms. The number of aromatic hydroxyl groups is 1. The van der Waals surface area contributed by atoms with Crippen molar-refractivity contribution in [2.75, 3.05) is 18.6 Å². The molecule has 0 saturated carbocycles. The summed E-state index contributed by atoms with van der Waals surface area (Å²) in [6.45, 7) is 0.457. The monoisotopic (exact) mass is 569 g/mol. The zero-order valence-electron chi connectivity index (χ0n) is 21.9. The molecule has 4 atom stereocenters. The third-order valence-corrected chi connectivity index (χ3v) is 6.46. The summed E-state index contributed by atoms with van der Waals surface area (Å²) in [5, 5.41) is 35.3. The molecule has 0 heterocycles. The fourth-order valence-electron chi connectivity index (χ4n) is 3.57. The average molecular weight is 570 g/mol. The fraction of sp³-hybridized carbons (Fsp3) is 0.560. The van der Waals surface area contributed by atoms with Crippen LogP contribution >= 0.6 is 11.8 Å². The number of phenols is 1. The zero-order chi connectivity index (χ0) is 29.4. The second-order valence-corrected chi connectivity index (χ2v) is 9.98. The highest BCUT2D eigenvalue weighted by Crippen LogP contribution is 2.13. The quantitative estimate of drug-likeness (QED) is 0.0993. The van der Waals surface area contributed by atoms with E-state index in [-0.39, 0.29) is 25.0 Å². The molecule has 0 aliphatic heterocycles. The van der Waals surface area contributed by atoms with Crippen molar-refractivity contribution < 1.29 is 39.3 Å². The lowest BCUT2D eigenvalue weighted by Crippen LogP contribution is -2.57. The largest absolute Gasteiger partial charge is 0.508 e. The molecule has 10 N–H and O–H groups in total. The minimum Gasteiger partial charge on any atom is -0.508 e. The van der Waals surface area contributed by atoms with Crippen molar-refractivity contribution in [3.05, 3.63) is 29.8 Å². The van der Waals surface area contributed by atoms with Crippen molar-refractivity contribution in [1.29, 1.82) is 0 Å². The van der Waals surface area contributed by atoms with Gasteiger partial charge >= 0.3 is 11.9 Å². The predicted molar refractivity (Wildman–Crippen MR) is 146 cm³/mol. The second kappa shape index (κ2) is 18.0. The van der Waals surface area contributed by atoms with Crippen LogP contribution in [0.25, 0.3) is 0 Å². The van der Waals surface area contributed by atoms with E-state index in [4.69, 9.17) is 16.6 Å². The molecule has 3 amide bonds. The van der Waals surface area contributed by atoms with Gasteiger partial charge < -0.3 is 42.7 Å². The Bertz CT molecular complexity index is 962. The van der Waals surface area contributed by atoms with Gasteiger partial charge in [-0.2, -0.15) is 11.8 Å². The molecule has 4 unspecified atom stereocenters. The van der Waals surface area contributed by atoms with Gasteiger partial charge in [0.05, 0.1) is 6.04 Å². The Balaban J connectivity index is 3.08. The lowest BCUT2D eigenvalue weighted by Gasteiger charge is -2.25. The molecule has 218 valence electrons. The van der Waals surface area contributed by atoms with Gasteiger partial charge in [0.1, 0.15) is 23.9 Å². The number of carbonyl (C=O) groups is 5. The first kappa shape index (κ1) is 33.7. The third kappa shape index (κ3) is 13.3.